The van der Waals surface area contributed by atoms with Gasteiger partial charge in [0.15, 0.2) is 0 Å². The molecule has 0 aromatic carbocycles. The molecule has 3 heteroatoms. The molecule has 0 aromatic rings. The van der Waals surface area contributed by atoms with Gasteiger partial charge in [0.2, 0.25) is 5.91 Å². The molecule has 0 saturated heterocycles. The van der Waals surface area contributed by atoms with Gasteiger partial charge in [-0.3, -0.25) is 4.79 Å². The number of hydrogen-bond acceptors (Lipinski definition) is 2. The molecular formula is C8H21NO2. The molecule has 0 aromatic heterocycles. The van der Waals surface area contributed by atoms with Crippen LogP contribution in [0, 0.1) is 0 Å². The van der Waals surface area contributed by atoms with Crippen LogP contribution < -0.4 is 0 Å². The highest BCUT2D eigenvalue weighted by Crippen LogP contribution is 1.71. The normalized spacial score (nSPS) is 6.45. The lowest BCUT2D eigenvalue weighted by Crippen LogP contribution is -2.24. The zero-order valence-electron chi connectivity index (χ0n) is 8.51. The summed E-state index contributed by atoms with van der Waals surface area (Å²) in [5, 5.41) is 8.11. The number of carbonyl (C=O) groups excluding carboxylic acids is 1. The van der Waals surface area contributed by atoms with E-state index in [1.54, 1.807) is 14.1 Å². The lowest BCUT2D eigenvalue weighted by molar-refractivity contribution is -0.131. The maximum atomic E-state index is 10.2. The number of aliphatic hydroxyl groups is 1. The first-order chi connectivity index (χ1) is 5.18. The van der Waals surface area contributed by atoms with Gasteiger partial charge in [0.1, 0.15) is 6.61 Å². The second-order valence-corrected chi connectivity index (χ2v) is 1.45. The number of hydrogen-bond donors (Lipinski definition) is 1. The second kappa shape index (κ2) is 16.2. The third kappa shape index (κ3) is 17.7. The van der Waals surface area contributed by atoms with Crippen LogP contribution in [0.4, 0.5) is 0 Å². The molecule has 0 aliphatic rings. The third-order valence-corrected chi connectivity index (χ3v) is 0.634. The number of rotatable bonds is 1. The van der Waals surface area contributed by atoms with Crippen LogP contribution in [0.2, 0.25) is 0 Å². The quantitative estimate of drug-likeness (QED) is 0.629. The van der Waals surface area contributed by atoms with Gasteiger partial charge < -0.3 is 10.0 Å². The monoisotopic (exact) mass is 163 g/mol. The number of aliphatic hydroxyl groups excluding tert-OH is 1. The second-order valence-electron chi connectivity index (χ2n) is 1.45. The van der Waals surface area contributed by atoms with Gasteiger partial charge in [-0.05, 0) is 0 Å². The van der Waals surface area contributed by atoms with Crippen molar-refractivity contribution in [3.05, 3.63) is 0 Å². The molecule has 0 rings (SSSR count). The van der Waals surface area contributed by atoms with E-state index in [0.717, 1.165) is 0 Å². The van der Waals surface area contributed by atoms with E-state index in [0.29, 0.717) is 0 Å². The van der Waals surface area contributed by atoms with Crippen LogP contribution in [0.5, 0.6) is 0 Å². The van der Waals surface area contributed by atoms with Crippen molar-refractivity contribution in [2.45, 2.75) is 27.7 Å². The van der Waals surface area contributed by atoms with Crippen molar-refractivity contribution in [1.82, 2.24) is 4.90 Å². The standard InChI is InChI=1S/C4H9NO2.2C2H6/c1-5(2)4(7)3-6;2*1-2/h6H,3H2,1-2H3;2*1-2H3. The lowest BCUT2D eigenvalue weighted by atomic mass is 10.6. The van der Waals surface area contributed by atoms with Crippen molar-refractivity contribution < 1.29 is 9.90 Å². The molecule has 0 unspecified atom stereocenters. The molecule has 0 heterocycles. The van der Waals surface area contributed by atoms with E-state index in [-0.39, 0.29) is 5.91 Å². The van der Waals surface area contributed by atoms with Crippen LogP contribution in [-0.4, -0.2) is 36.6 Å². The predicted octanol–water partition coefficient (Wildman–Crippen LogP) is 1.12. The number of amides is 1. The minimum Gasteiger partial charge on any atom is -0.387 e. The van der Waals surface area contributed by atoms with E-state index in [4.69, 9.17) is 5.11 Å². The van der Waals surface area contributed by atoms with Crippen LogP contribution in [0.1, 0.15) is 27.7 Å². The Kier molecular flexibility index (Phi) is 24.8. The van der Waals surface area contributed by atoms with Gasteiger partial charge in [-0.15, -0.1) is 0 Å². The molecule has 0 saturated carbocycles. The third-order valence-electron chi connectivity index (χ3n) is 0.634. The Morgan fingerprint density at radius 2 is 1.45 bits per heavy atom. The molecule has 11 heavy (non-hydrogen) atoms. The average Bonchev–Trinajstić information content (AvgIpc) is 2.10. The Bertz CT molecular complexity index is 72.5. The van der Waals surface area contributed by atoms with E-state index in [1.807, 2.05) is 27.7 Å². The summed E-state index contributed by atoms with van der Waals surface area (Å²) in [4.78, 5) is 11.5. The first-order valence-electron chi connectivity index (χ1n) is 3.99. The summed E-state index contributed by atoms with van der Waals surface area (Å²) in [6.07, 6.45) is 0. The summed E-state index contributed by atoms with van der Waals surface area (Å²) < 4.78 is 0. The average molecular weight is 163 g/mol. The van der Waals surface area contributed by atoms with Gasteiger partial charge in [0.05, 0.1) is 0 Å². The molecule has 1 N–H and O–H groups in total. The van der Waals surface area contributed by atoms with Crippen molar-refractivity contribution in [2.75, 3.05) is 20.7 Å². The summed E-state index contributed by atoms with van der Waals surface area (Å²) in [6, 6.07) is 0. The smallest absolute Gasteiger partial charge is 0.247 e. The first-order valence-corrected chi connectivity index (χ1v) is 3.99. The summed E-state index contributed by atoms with van der Waals surface area (Å²) in [6.45, 7) is 7.60. The molecule has 3 nitrogen and oxygen atoms in total. The highest BCUT2D eigenvalue weighted by atomic mass is 16.3. The van der Waals surface area contributed by atoms with Gasteiger partial charge >= 0.3 is 0 Å². The lowest BCUT2D eigenvalue weighted by Gasteiger charge is -2.05. The van der Waals surface area contributed by atoms with Gasteiger partial charge in [-0.2, -0.15) is 0 Å². The minimum absolute atomic E-state index is 0.264. The molecule has 0 atom stereocenters. The van der Waals surface area contributed by atoms with E-state index >= 15 is 0 Å². The topological polar surface area (TPSA) is 40.5 Å². The van der Waals surface area contributed by atoms with Crippen molar-refractivity contribution >= 4 is 5.91 Å². The number of carbonyl (C=O) groups is 1. The fourth-order valence-corrected chi connectivity index (χ4v) is 0.141. The largest absolute Gasteiger partial charge is 0.387 e. The van der Waals surface area contributed by atoms with E-state index in [2.05, 4.69) is 0 Å². The molecule has 0 fully saturated rings. The summed E-state index contributed by atoms with van der Waals surface area (Å²) in [7, 11) is 3.19. The fraction of sp³-hybridized carbons (Fsp3) is 0.875. The van der Waals surface area contributed by atoms with Gasteiger partial charge in [0, 0.05) is 14.1 Å². The SMILES string of the molecule is CC.CC.CN(C)C(=O)CO. The maximum absolute atomic E-state index is 10.2. The number of likely N-dealkylation sites (N-methyl/N-ethyl adjacent to an activating group) is 1. The number of nitrogens with zero attached hydrogens (tertiary/aromatic N) is 1. The Morgan fingerprint density at radius 3 is 1.45 bits per heavy atom. The molecule has 0 aliphatic heterocycles. The van der Waals surface area contributed by atoms with E-state index in [1.165, 1.54) is 4.90 Å². The first kappa shape index (κ1) is 16.8. The zero-order valence-corrected chi connectivity index (χ0v) is 8.51. The van der Waals surface area contributed by atoms with Crippen molar-refractivity contribution in [1.29, 1.82) is 0 Å². The van der Waals surface area contributed by atoms with Crippen LogP contribution in [-0.2, 0) is 4.79 Å². The zero-order chi connectivity index (χ0) is 9.86. The molecule has 0 spiro atoms. The van der Waals surface area contributed by atoms with Crippen molar-refractivity contribution in [3.8, 4) is 0 Å². The van der Waals surface area contributed by atoms with Gasteiger partial charge in [0.25, 0.3) is 0 Å². The van der Waals surface area contributed by atoms with E-state index < -0.39 is 6.61 Å². The van der Waals surface area contributed by atoms with Crippen LogP contribution in [0.3, 0.4) is 0 Å². The Morgan fingerprint density at radius 1 is 1.18 bits per heavy atom. The molecule has 1 amide bonds. The van der Waals surface area contributed by atoms with Crippen molar-refractivity contribution in [3.63, 3.8) is 0 Å². The predicted molar refractivity (Wildman–Crippen MR) is 48.5 cm³/mol. The van der Waals surface area contributed by atoms with Gasteiger partial charge in [-0.1, -0.05) is 27.7 Å². The highest BCUT2D eigenvalue weighted by molar-refractivity contribution is 5.76. The van der Waals surface area contributed by atoms with Crippen LogP contribution in [0.25, 0.3) is 0 Å². The highest BCUT2D eigenvalue weighted by Gasteiger charge is 1.96. The van der Waals surface area contributed by atoms with E-state index in [9.17, 15) is 4.79 Å². The molecule has 70 valence electrons. The summed E-state index contributed by atoms with van der Waals surface area (Å²) in [5.41, 5.74) is 0. The fourth-order valence-electron chi connectivity index (χ4n) is 0.141. The molecule has 0 aliphatic carbocycles. The molecular weight excluding hydrogens is 142 g/mol. The Balaban J connectivity index is -0.000000138. The van der Waals surface area contributed by atoms with Crippen molar-refractivity contribution in [2.24, 2.45) is 0 Å². The summed E-state index contributed by atoms with van der Waals surface area (Å²) >= 11 is 0. The Hall–Kier alpha value is -0.570. The summed E-state index contributed by atoms with van der Waals surface area (Å²) in [5.74, 6) is -0.264. The molecule has 0 bridgehead atoms. The van der Waals surface area contributed by atoms with Gasteiger partial charge in [-0.25, -0.2) is 0 Å². The minimum atomic E-state index is -0.396. The van der Waals surface area contributed by atoms with Crippen LogP contribution >= 0.6 is 0 Å². The molecule has 0 radical (unpaired) electrons. The van der Waals surface area contributed by atoms with Crippen LogP contribution in [0.15, 0.2) is 0 Å². The Labute approximate surface area is 70.0 Å². The maximum Gasteiger partial charge on any atom is 0.247 e.